The van der Waals surface area contributed by atoms with Gasteiger partial charge in [-0.15, -0.1) is 0 Å². The summed E-state index contributed by atoms with van der Waals surface area (Å²) >= 11 is 0. The van der Waals surface area contributed by atoms with E-state index >= 15 is 0 Å². The normalized spacial score (nSPS) is 14.4. The van der Waals surface area contributed by atoms with Crippen LogP contribution in [0.5, 0.6) is 5.75 Å². The number of nitrogens with zero attached hydrogens (tertiary/aromatic N) is 2. The summed E-state index contributed by atoms with van der Waals surface area (Å²) in [6.45, 7) is 5.68. The molecule has 0 bridgehead atoms. The number of amides is 1. The molecule has 0 saturated carbocycles. The monoisotopic (exact) mass is 442 g/mol. The van der Waals surface area contributed by atoms with Crippen LogP contribution < -0.4 is 4.74 Å². The Labute approximate surface area is 197 Å². The number of hydrogen-bond donors (Lipinski definition) is 0. The molecule has 0 N–H and O–H groups in total. The Bertz CT molecular complexity index is 998. The van der Waals surface area contributed by atoms with Crippen molar-refractivity contribution in [3.05, 3.63) is 102 Å². The first kappa shape index (κ1) is 23.1. The maximum absolute atomic E-state index is 12.7. The van der Waals surface area contributed by atoms with Crippen LogP contribution in [0.4, 0.5) is 0 Å². The van der Waals surface area contributed by atoms with Gasteiger partial charge in [0, 0.05) is 32.2 Å². The molecule has 1 heterocycles. The molecular formula is C29H34N2O2. The first-order valence-corrected chi connectivity index (χ1v) is 12.0. The Hall–Kier alpha value is -3.11. The second-order valence-corrected chi connectivity index (χ2v) is 8.91. The van der Waals surface area contributed by atoms with Crippen molar-refractivity contribution in [2.75, 3.05) is 26.2 Å². The molecule has 4 rings (SSSR count). The van der Waals surface area contributed by atoms with Gasteiger partial charge in [-0.3, -0.25) is 9.69 Å². The lowest BCUT2D eigenvalue weighted by Gasteiger charge is -2.38. The predicted molar refractivity (Wildman–Crippen MR) is 133 cm³/mol. The highest BCUT2D eigenvalue weighted by atomic mass is 16.5. The average Bonchev–Trinajstić information content (AvgIpc) is 2.86. The molecule has 0 aromatic heterocycles. The molecule has 0 atom stereocenters. The summed E-state index contributed by atoms with van der Waals surface area (Å²) in [5, 5.41) is 0. The molecule has 33 heavy (non-hydrogen) atoms. The van der Waals surface area contributed by atoms with Crippen molar-refractivity contribution in [1.82, 2.24) is 9.80 Å². The molecule has 4 nitrogen and oxygen atoms in total. The van der Waals surface area contributed by atoms with Gasteiger partial charge in [-0.05, 0) is 55.0 Å². The number of hydrogen-bond acceptors (Lipinski definition) is 3. The number of piperidine rings is 1. The van der Waals surface area contributed by atoms with E-state index in [1.165, 1.54) is 11.1 Å². The second kappa shape index (κ2) is 11.7. The van der Waals surface area contributed by atoms with Crippen molar-refractivity contribution in [2.24, 2.45) is 0 Å². The summed E-state index contributed by atoms with van der Waals surface area (Å²) in [6.07, 6.45) is 3.03. The van der Waals surface area contributed by atoms with Crippen LogP contribution in [0.25, 0.3) is 0 Å². The number of carbonyl (C=O) groups is 1. The van der Waals surface area contributed by atoms with Crippen molar-refractivity contribution in [2.45, 2.75) is 38.8 Å². The molecule has 3 aromatic carbocycles. The van der Waals surface area contributed by atoms with Gasteiger partial charge in [-0.25, -0.2) is 0 Å². The first-order chi connectivity index (χ1) is 16.2. The van der Waals surface area contributed by atoms with Crippen LogP contribution in [-0.4, -0.2) is 48.0 Å². The molecule has 1 amide bonds. The summed E-state index contributed by atoms with van der Waals surface area (Å²) in [4.78, 5) is 17.3. The molecule has 1 fully saturated rings. The van der Waals surface area contributed by atoms with Gasteiger partial charge in [0.05, 0.1) is 0 Å². The van der Waals surface area contributed by atoms with Gasteiger partial charge in [0.15, 0.2) is 6.61 Å². The third-order valence-electron chi connectivity index (χ3n) is 6.44. The van der Waals surface area contributed by atoms with E-state index in [2.05, 4.69) is 65.6 Å². The zero-order chi connectivity index (χ0) is 22.9. The highest BCUT2D eigenvalue weighted by Crippen LogP contribution is 2.21. The van der Waals surface area contributed by atoms with E-state index in [9.17, 15) is 4.79 Å². The Morgan fingerprint density at radius 2 is 1.58 bits per heavy atom. The van der Waals surface area contributed by atoms with Crippen molar-refractivity contribution >= 4 is 5.91 Å². The Morgan fingerprint density at radius 3 is 2.24 bits per heavy atom. The van der Waals surface area contributed by atoms with E-state index < -0.39 is 0 Å². The number of rotatable bonds is 9. The van der Waals surface area contributed by atoms with Gasteiger partial charge in [0.1, 0.15) is 5.75 Å². The molecule has 1 saturated heterocycles. The SMILES string of the molecule is Cc1cccc(OCC(=O)N2CCC(N(CCc3ccccc3)Cc3ccccc3)CC2)c1. The fourth-order valence-electron chi connectivity index (χ4n) is 4.55. The molecular weight excluding hydrogens is 408 g/mol. The molecule has 0 unspecified atom stereocenters. The molecule has 1 aliphatic heterocycles. The fraction of sp³-hybridized carbons (Fsp3) is 0.345. The van der Waals surface area contributed by atoms with Crippen LogP contribution in [-0.2, 0) is 17.8 Å². The molecule has 0 radical (unpaired) electrons. The van der Waals surface area contributed by atoms with E-state index in [0.29, 0.717) is 6.04 Å². The largest absolute Gasteiger partial charge is 0.484 e. The second-order valence-electron chi connectivity index (χ2n) is 8.91. The third-order valence-corrected chi connectivity index (χ3v) is 6.44. The van der Waals surface area contributed by atoms with Crippen LogP contribution in [0, 0.1) is 6.92 Å². The van der Waals surface area contributed by atoms with Crippen LogP contribution >= 0.6 is 0 Å². The summed E-state index contributed by atoms with van der Waals surface area (Å²) in [7, 11) is 0. The summed E-state index contributed by atoms with van der Waals surface area (Å²) in [5.41, 5.74) is 3.85. The van der Waals surface area contributed by atoms with Crippen LogP contribution in [0.15, 0.2) is 84.9 Å². The van der Waals surface area contributed by atoms with Crippen molar-refractivity contribution in [1.29, 1.82) is 0 Å². The topological polar surface area (TPSA) is 32.8 Å². The van der Waals surface area contributed by atoms with Gasteiger partial charge in [-0.2, -0.15) is 0 Å². The Balaban J connectivity index is 1.32. The van der Waals surface area contributed by atoms with E-state index in [4.69, 9.17) is 4.74 Å². The average molecular weight is 443 g/mol. The molecule has 0 spiro atoms. The van der Waals surface area contributed by atoms with Gasteiger partial charge in [0.2, 0.25) is 0 Å². The molecule has 4 heteroatoms. The van der Waals surface area contributed by atoms with Gasteiger partial charge in [-0.1, -0.05) is 72.8 Å². The first-order valence-electron chi connectivity index (χ1n) is 12.0. The fourth-order valence-corrected chi connectivity index (χ4v) is 4.55. The van der Waals surface area contributed by atoms with Crippen molar-refractivity contribution in [3.63, 3.8) is 0 Å². The number of ether oxygens (including phenoxy) is 1. The van der Waals surface area contributed by atoms with E-state index in [1.807, 2.05) is 36.1 Å². The smallest absolute Gasteiger partial charge is 0.260 e. The van der Waals surface area contributed by atoms with Gasteiger partial charge in [0.25, 0.3) is 5.91 Å². The standard InChI is InChI=1S/C29H34N2O2/c1-24-9-8-14-28(21-24)33-23-29(32)30-19-16-27(17-20-30)31(22-26-12-6-3-7-13-26)18-15-25-10-4-2-5-11-25/h2-14,21,27H,15-20,22-23H2,1H3. The lowest BCUT2D eigenvalue weighted by atomic mass is 10.0. The van der Waals surface area contributed by atoms with Gasteiger partial charge >= 0.3 is 0 Å². The minimum atomic E-state index is 0.0776. The number of carbonyl (C=O) groups excluding carboxylic acids is 1. The number of benzene rings is 3. The molecule has 3 aromatic rings. The van der Waals surface area contributed by atoms with Crippen molar-refractivity contribution < 1.29 is 9.53 Å². The Morgan fingerprint density at radius 1 is 0.909 bits per heavy atom. The van der Waals surface area contributed by atoms with E-state index in [1.54, 1.807) is 0 Å². The lowest BCUT2D eigenvalue weighted by Crippen LogP contribution is -2.48. The van der Waals surface area contributed by atoms with E-state index in [-0.39, 0.29) is 12.5 Å². The van der Waals surface area contributed by atoms with Crippen LogP contribution in [0.3, 0.4) is 0 Å². The zero-order valence-electron chi connectivity index (χ0n) is 19.5. The maximum Gasteiger partial charge on any atom is 0.260 e. The molecule has 172 valence electrons. The number of likely N-dealkylation sites (tertiary alicyclic amines) is 1. The summed E-state index contributed by atoms with van der Waals surface area (Å²) in [5.74, 6) is 0.835. The summed E-state index contributed by atoms with van der Waals surface area (Å²) in [6, 6.07) is 29.7. The highest BCUT2D eigenvalue weighted by molar-refractivity contribution is 5.77. The highest BCUT2D eigenvalue weighted by Gasteiger charge is 2.27. The Kier molecular flexibility index (Phi) is 8.15. The molecule has 1 aliphatic rings. The van der Waals surface area contributed by atoms with E-state index in [0.717, 1.165) is 56.8 Å². The molecule has 0 aliphatic carbocycles. The van der Waals surface area contributed by atoms with Crippen LogP contribution in [0.2, 0.25) is 0 Å². The minimum Gasteiger partial charge on any atom is -0.484 e. The third kappa shape index (κ3) is 6.93. The van der Waals surface area contributed by atoms with Crippen LogP contribution in [0.1, 0.15) is 29.5 Å². The quantitative estimate of drug-likeness (QED) is 0.462. The maximum atomic E-state index is 12.7. The lowest BCUT2D eigenvalue weighted by molar-refractivity contribution is -0.135. The van der Waals surface area contributed by atoms with Gasteiger partial charge < -0.3 is 9.64 Å². The number of aryl methyl sites for hydroxylation is 1. The zero-order valence-corrected chi connectivity index (χ0v) is 19.5. The predicted octanol–water partition coefficient (Wildman–Crippen LogP) is 5.11. The van der Waals surface area contributed by atoms with Crippen molar-refractivity contribution in [3.8, 4) is 5.75 Å². The summed E-state index contributed by atoms with van der Waals surface area (Å²) < 4.78 is 5.74. The minimum absolute atomic E-state index is 0.0776.